The van der Waals surface area contributed by atoms with Gasteiger partial charge in [0.2, 0.25) is 15.9 Å². The van der Waals surface area contributed by atoms with E-state index in [0.717, 1.165) is 0 Å². The Morgan fingerprint density at radius 2 is 1.81 bits per heavy atom. The molecule has 0 bridgehead atoms. The first kappa shape index (κ1) is 26.0. The molecule has 2 heterocycles. The fraction of sp³-hybridized carbons (Fsp3) is 0.280. The molecule has 0 spiro atoms. The number of ether oxygens (including phenoxy) is 1. The molecule has 3 aromatic rings. The lowest BCUT2D eigenvalue weighted by atomic mass is 10.1. The summed E-state index contributed by atoms with van der Waals surface area (Å²) < 4.78 is 32.6. The van der Waals surface area contributed by atoms with Crippen molar-refractivity contribution >= 4 is 50.1 Å². The number of carbonyl (C=O) groups excluding carboxylic acids is 3. The average Bonchev–Trinajstić information content (AvgIpc) is 2.89. The summed E-state index contributed by atoms with van der Waals surface area (Å²) in [4.78, 5) is 42.5. The third kappa shape index (κ3) is 5.39. The molecular weight excluding hydrogens is 498 g/mol. The minimum Gasteiger partial charge on any atom is -0.462 e. The van der Waals surface area contributed by atoms with Crippen molar-refractivity contribution in [2.75, 3.05) is 43.8 Å². The summed E-state index contributed by atoms with van der Waals surface area (Å²) in [6, 6.07) is 10.6. The summed E-state index contributed by atoms with van der Waals surface area (Å²) in [7, 11) is -3.85. The summed E-state index contributed by atoms with van der Waals surface area (Å²) in [6.07, 6.45) is 1.35. The van der Waals surface area contributed by atoms with Gasteiger partial charge in [0, 0.05) is 55.9 Å². The topological polar surface area (TPSA) is 152 Å². The van der Waals surface area contributed by atoms with Crippen molar-refractivity contribution in [3.63, 3.8) is 0 Å². The SMILES string of the molecule is CCOC(=O)c1cnc2ccc(NC(=O)c3cccc(S(=O)(=O)N4CCN(C(C)=O)CC4)c3)cc2c1N. The Kier molecular flexibility index (Phi) is 7.41. The molecule has 2 aromatic carbocycles. The van der Waals surface area contributed by atoms with Gasteiger partial charge in [0.05, 0.1) is 22.7 Å². The maximum atomic E-state index is 13.1. The third-order valence-corrected chi connectivity index (χ3v) is 7.98. The largest absolute Gasteiger partial charge is 0.462 e. The molecule has 2 amide bonds. The minimum atomic E-state index is -3.85. The van der Waals surface area contributed by atoms with E-state index in [1.54, 1.807) is 30.0 Å². The zero-order chi connectivity index (χ0) is 26.7. The Balaban J connectivity index is 1.54. The van der Waals surface area contributed by atoms with Crippen LogP contribution in [-0.2, 0) is 19.6 Å². The second-order valence-corrected chi connectivity index (χ2v) is 10.4. The molecule has 3 N–H and O–H groups in total. The molecule has 37 heavy (non-hydrogen) atoms. The molecule has 0 radical (unpaired) electrons. The standard InChI is InChI=1S/C25H27N5O6S/c1-3-36-25(33)21-15-27-22-8-7-18(14-20(22)23(21)26)28-24(32)17-5-4-6-19(13-17)37(34,35)30-11-9-29(10-12-30)16(2)31/h4-8,13-15H,3,9-12H2,1-2H3,(H2,26,27)(H,28,32). The predicted molar refractivity (Wildman–Crippen MR) is 138 cm³/mol. The molecule has 0 unspecified atom stereocenters. The molecule has 1 aliphatic rings. The second kappa shape index (κ2) is 10.5. The van der Waals surface area contributed by atoms with Gasteiger partial charge in [0.15, 0.2) is 0 Å². The van der Waals surface area contributed by atoms with Gasteiger partial charge < -0.3 is 20.7 Å². The highest BCUT2D eigenvalue weighted by molar-refractivity contribution is 7.89. The molecule has 1 fully saturated rings. The van der Waals surface area contributed by atoms with Crippen LogP contribution >= 0.6 is 0 Å². The Hall–Kier alpha value is -4.03. The number of nitrogens with two attached hydrogens (primary N) is 1. The van der Waals surface area contributed by atoms with Crippen LogP contribution in [-0.4, -0.2) is 73.2 Å². The number of esters is 1. The van der Waals surface area contributed by atoms with Crippen LogP contribution < -0.4 is 11.1 Å². The number of nitrogens with one attached hydrogen (secondary N) is 1. The van der Waals surface area contributed by atoms with Crippen LogP contribution in [0, 0.1) is 0 Å². The van der Waals surface area contributed by atoms with Gasteiger partial charge in [-0.15, -0.1) is 0 Å². The van der Waals surface area contributed by atoms with Gasteiger partial charge in [-0.3, -0.25) is 14.6 Å². The third-order valence-electron chi connectivity index (χ3n) is 6.08. The molecule has 1 aliphatic heterocycles. The number of nitrogens with zero attached hydrogens (tertiary/aromatic N) is 3. The van der Waals surface area contributed by atoms with Gasteiger partial charge in [0.25, 0.3) is 5.91 Å². The van der Waals surface area contributed by atoms with Gasteiger partial charge in [-0.1, -0.05) is 6.07 Å². The lowest BCUT2D eigenvalue weighted by Crippen LogP contribution is -2.49. The molecule has 4 rings (SSSR count). The first-order chi connectivity index (χ1) is 17.6. The van der Waals surface area contributed by atoms with Crippen molar-refractivity contribution < 1.29 is 27.5 Å². The Morgan fingerprint density at radius 1 is 1.08 bits per heavy atom. The van der Waals surface area contributed by atoms with Crippen LogP contribution in [0.3, 0.4) is 0 Å². The number of benzene rings is 2. The van der Waals surface area contributed by atoms with Crippen molar-refractivity contribution in [2.24, 2.45) is 0 Å². The summed E-state index contributed by atoms with van der Waals surface area (Å²) in [5, 5.41) is 3.20. The van der Waals surface area contributed by atoms with Gasteiger partial charge in [-0.05, 0) is 43.3 Å². The highest BCUT2D eigenvalue weighted by Gasteiger charge is 2.29. The lowest BCUT2D eigenvalue weighted by molar-refractivity contribution is -0.129. The highest BCUT2D eigenvalue weighted by atomic mass is 32.2. The predicted octanol–water partition coefficient (Wildman–Crippen LogP) is 2.10. The monoisotopic (exact) mass is 525 g/mol. The summed E-state index contributed by atoms with van der Waals surface area (Å²) in [5.41, 5.74) is 7.55. The number of carbonyl (C=O) groups is 3. The van der Waals surface area contributed by atoms with Crippen LogP contribution in [0.4, 0.5) is 11.4 Å². The molecule has 1 saturated heterocycles. The van der Waals surface area contributed by atoms with E-state index in [0.29, 0.717) is 29.7 Å². The van der Waals surface area contributed by atoms with Gasteiger partial charge >= 0.3 is 5.97 Å². The maximum absolute atomic E-state index is 13.1. The quantitative estimate of drug-likeness (QED) is 0.464. The number of fused-ring (bicyclic) bond motifs is 1. The number of pyridine rings is 1. The number of anilines is 2. The normalized spacial score (nSPS) is 14.4. The molecule has 0 saturated carbocycles. The Labute approximate surface area is 214 Å². The fourth-order valence-electron chi connectivity index (χ4n) is 4.06. The van der Waals surface area contributed by atoms with Crippen LogP contribution in [0.15, 0.2) is 53.6 Å². The Morgan fingerprint density at radius 3 is 2.49 bits per heavy atom. The van der Waals surface area contributed by atoms with Crippen molar-refractivity contribution in [3.8, 4) is 0 Å². The van der Waals surface area contributed by atoms with Crippen molar-refractivity contribution in [1.82, 2.24) is 14.2 Å². The van der Waals surface area contributed by atoms with Crippen LogP contribution in [0.1, 0.15) is 34.6 Å². The van der Waals surface area contributed by atoms with E-state index in [1.807, 2.05) is 0 Å². The van der Waals surface area contributed by atoms with E-state index in [-0.39, 0.29) is 47.3 Å². The second-order valence-electron chi connectivity index (χ2n) is 8.43. The number of aromatic nitrogens is 1. The smallest absolute Gasteiger partial charge is 0.341 e. The average molecular weight is 526 g/mol. The van der Waals surface area contributed by atoms with Crippen LogP contribution in [0.2, 0.25) is 0 Å². The molecule has 194 valence electrons. The minimum absolute atomic E-state index is 0.0116. The van der Waals surface area contributed by atoms with E-state index < -0.39 is 21.9 Å². The van der Waals surface area contributed by atoms with Crippen LogP contribution in [0.5, 0.6) is 0 Å². The van der Waals surface area contributed by atoms with Crippen molar-refractivity contribution in [2.45, 2.75) is 18.7 Å². The first-order valence-electron chi connectivity index (χ1n) is 11.6. The molecule has 0 atom stereocenters. The lowest BCUT2D eigenvalue weighted by Gasteiger charge is -2.33. The number of amides is 2. The van der Waals surface area contributed by atoms with Gasteiger partial charge in [-0.2, -0.15) is 4.31 Å². The number of hydrogen-bond donors (Lipinski definition) is 2. The zero-order valence-electron chi connectivity index (χ0n) is 20.4. The van der Waals surface area contributed by atoms with E-state index in [1.165, 1.54) is 41.7 Å². The zero-order valence-corrected chi connectivity index (χ0v) is 21.2. The molecule has 1 aromatic heterocycles. The van der Waals surface area contributed by atoms with E-state index in [2.05, 4.69) is 10.3 Å². The Bertz CT molecular complexity index is 1480. The highest BCUT2D eigenvalue weighted by Crippen LogP contribution is 2.27. The first-order valence-corrected chi connectivity index (χ1v) is 13.1. The molecule has 0 aliphatic carbocycles. The van der Waals surface area contributed by atoms with Crippen molar-refractivity contribution in [3.05, 3.63) is 59.8 Å². The van der Waals surface area contributed by atoms with E-state index >= 15 is 0 Å². The number of sulfonamides is 1. The summed E-state index contributed by atoms with van der Waals surface area (Å²) in [5.74, 6) is -1.21. The molecule has 12 heteroatoms. The van der Waals surface area contributed by atoms with Gasteiger partial charge in [0.1, 0.15) is 5.56 Å². The van der Waals surface area contributed by atoms with E-state index in [4.69, 9.17) is 10.5 Å². The number of hydrogen-bond acceptors (Lipinski definition) is 8. The number of rotatable bonds is 6. The summed E-state index contributed by atoms with van der Waals surface area (Å²) >= 11 is 0. The van der Waals surface area contributed by atoms with Crippen molar-refractivity contribution in [1.29, 1.82) is 0 Å². The maximum Gasteiger partial charge on any atom is 0.341 e. The fourth-order valence-corrected chi connectivity index (χ4v) is 5.52. The molecular formula is C25H27N5O6S. The summed E-state index contributed by atoms with van der Waals surface area (Å²) in [6.45, 7) is 4.31. The number of nitrogen functional groups attached to an aromatic ring is 1. The van der Waals surface area contributed by atoms with Crippen LogP contribution in [0.25, 0.3) is 10.9 Å². The van der Waals surface area contributed by atoms with Gasteiger partial charge in [-0.25, -0.2) is 13.2 Å². The van der Waals surface area contributed by atoms with E-state index in [9.17, 15) is 22.8 Å². The molecule has 11 nitrogen and oxygen atoms in total. The number of piperazine rings is 1.